The Morgan fingerprint density at radius 1 is 1.15 bits per heavy atom. The highest BCUT2D eigenvalue weighted by Gasteiger charge is 2.32. The van der Waals surface area contributed by atoms with Crippen molar-refractivity contribution < 1.29 is 0 Å². The highest BCUT2D eigenvalue weighted by atomic mass is 79.9. The van der Waals surface area contributed by atoms with Crippen LogP contribution in [-0.2, 0) is 11.8 Å². The average molecular weight is 417 g/mol. The molecule has 0 N–H and O–H groups in total. The molecule has 0 saturated carbocycles. The van der Waals surface area contributed by atoms with E-state index in [0.717, 1.165) is 22.8 Å². The fourth-order valence-electron chi connectivity index (χ4n) is 2.27. The second-order valence-corrected chi connectivity index (χ2v) is 7.75. The maximum Gasteiger partial charge on any atom is 0.0940 e. The molecule has 0 atom stereocenters. The summed E-state index contributed by atoms with van der Waals surface area (Å²) in [4.78, 5) is 6.04. The molecule has 0 bridgehead atoms. The standard InChI is InChI=1S/C16H19Br2NS/c1-11-5-4-6-14(7-11)16(9-17,10-18)8-15-19-12(2)13(3)20-15/h4-7H,8-10H2,1-3H3. The molecular weight excluding hydrogens is 398 g/mol. The first-order valence-electron chi connectivity index (χ1n) is 6.63. The molecule has 1 aromatic carbocycles. The van der Waals surface area contributed by atoms with Crippen LogP contribution in [0.25, 0.3) is 0 Å². The van der Waals surface area contributed by atoms with Gasteiger partial charge in [-0.1, -0.05) is 61.7 Å². The molecule has 0 spiro atoms. The normalized spacial score (nSPS) is 11.8. The van der Waals surface area contributed by atoms with E-state index in [1.807, 2.05) is 11.3 Å². The van der Waals surface area contributed by atoms with Gasteiger partial charge >= 0.3 is 0 Å². The van der Waals surface area contributed by atoms with Gasteiger partial charge in [0.05, 0.1) is 10.7 Å². The number of hydrogen-bond acceptors (Lipinski definition) is 2. The molecule has 0 radical (unpaired) electrons. The SMILES string of the molecule is Cc1cccc(C(CBr)(CBr)Cc2nc(C)c(C)s2)c1. The Balaban J connectivity index is 2.39. The predicted octanol–water partition coefficient (Wildman–Crippen LogP) is 5.34. The molecule has 0 aliphatic rings. The molecule has 1 heterocycles. The number of thiazole rings is 1. The molecular formula is C16H19Br2NS. The van der Waals surface area contributed by atoms with Gasteiger partial charge in [0.2, 0.25) is 0 Å². The Labute approximate surface area is 142 Å². The highest BCUT2D eigenvalue weighted by molar-refractivity contribution is 9.09. The Morgan fingerprint density at radius 3 is 2.35 bits per heavy atom. The summed E-state index contributed by atoms with van der Waals surface area (Å²) in [6, 6.07) is 8.80. The monoisotopic (exact) mass is 415 g/mol. The van der Waals surface area contributed by atoms with E-state index in [1.54, 1.807) is 0 Å². The van der Waals surface area contributed by atoms with Crippen LogP contribution < -0.4 is 0 Å². The summed E-state index contributed by atoms with van der Waals surface area (Å²) < 4.78 is 0. The maximum absolute atomic E-state index is 4.72. The first-order chi connectivity index (χ1) is 9.50. The zero-order valence-corrected chi connectivity index (χ0v) is 16.0. The lowest BCUT2D eigenvalue weighted by Gasteiger charge is -2.30. The van der Waals surface area contributed by atoms with Crippen molar-refractivity contribution in [3.63, 3.8) is 0 Å². The number of nitrogens with zero attached hydrogens (tertiary/aromatic N) is 1. The third-order valence-electron chi connectivity index (χ3n) is 3.70. The van der Waals surface area contributed by atoms with Gasteiger partial charge in [0, 0.05) is 27.4 Å². The van der Waals surface area contributed by atoms with Crippen molar-refractivity contribution in [2.24, 2.45) is 0 Å². The lowest BCUT2D eigenvalue weighted by Crippen LogP contribution is -2.33. The molecule has 1 aromatic heterocycles. The summed E-state index contributed by atoms with van der Waals surface area (Å²) in [6.07, 6.45) is 0.965. The van der Waals surface area contributed by atoms with Gasteiger partial charge in [-0.15, -0.1) is 11.3 Å². The number of alkyl halides is 2. The first-order valence-corrected chi connectivity index (χ1v) is 9.68. The Kier molecular flexibility index (Phi) is 5.43. The van der Waals surface area contributed by atoms with Crippen molar-refractivity contribution >= 4 is 43.2 Å². The minimum Gasteiger partial charge on any atom is -0.246 e. The molecule has 4 heteroatoms. The number of rotatable bonds is 5. The van der Waals surface area contributed by atoms with Gasteiger partial charge in [-0.2, -0.15) is 0 Å². The van der Waals surface area contributed by atoms with Crippen molar-refractivity contribution in [2.75, 3.05) is 10.7 Å². The van der Waals surface area contributed by atoms with Gasteiger partial charge in [-0.05, 0) is 26.3 Å². The average Bonchev–Trinajstić information content (AvgIpc) is 2.75. The fourth-order valence-corrected chi connectivity index (χ4v) is 5.32. The van der Waals surface area contributed by atoms with Crippen LogP contribution in [-0.4, -0.2) is 15.6 Å². The number of aromatic nitrogens is 1. The zero-order chi connectivity index (χ0) is 14.8. The summed E-state index contributed by atoms with van der Waals surface area (Å²) in [7, 11) is 0. The first kappa shape index (κ1) is 16.2. The lowest BCUT2D eigenvalue weighted by atomic mass is 9.81. The van der Waals surface area contributed by atoms with E-state index in [2.05, 4.69) is 76.9 Å². The molecule has 20 heavy (non-hydrogen) atoms. The van der Waals surface area contributed by atoms with Gasteiger partial charge in [0.1, 0.15) is 0 Å². The minimum absolute atomic E-state index is 0.0583. The van der Waals surface area contributed by atoms with E-state index in [-0.39, 0.29) is 5.41 Å². The molecule has 0 fully saturated rings. The van der Waals surface area contributed by atoms with Gasteiger partial charge in [-0.25, -0.2) is 4.98 Å². The number of halogens is 2. The van der Waals surface area contributed by atoms with Crippen molar-refractivity contribution in [1.82, 2.24) is 4.98 Å². The summed E-state index contributed by atoms with van der Waals surface area (Å²) in [5.41, 5.74) is 3.90. The van der Waals surface area contributed by atoms with E-state index in [0.29, 0.717) is 0 Å². The van der Waals surface area contributed by atoms with Crippen LogP contribution >= 0.6 is 43.2 Å². The van der Waals surface area contributed by atoms with Crippen molar-refractivity contribution in [2.45, 2.75) is 32.6 Å². The third-order valence-corrected chi connectivity index (χ3v) is 6.92. The van der Waals surface area contributed by atoms with Crippen molar-refractivity contribution in [3.8, 4) is 0 Å². The molecule has 0 aliphatic heterocycles. The Morgan fingerprint density at radius 2 is 1.85 bits per heavy atom. The van der Waals surface area contributed by atoms with Crippen LogP contribution in [0.15, 0.2) is 24.3 Å². The van der Waals surface area contributed by atoms with Gasteiger partial charge in [0.25, 0.3) is 0 Å². The van der Waals surface area contributed by atoms with Crippen LogP contribution in [0, 0.1) is 20.8 Å². The zero-order valence-electron chi connectivity index (χ0n) is 12.0. The van der Waals surface area contributed by atoms with Crippen molar-refractivity contribution in [3.05, 3.63) is 51.0 Å². The lowest BCUT2D eigenvalue weighted by molar-refractivity contribution is 0.548. The minimum atomic E-state index is 0.0583. The van der Waals surface area contributed by atoms with Crippen LogP contribution in [0.1, 0.15) is 26.7 Å². The molecule has 0 amide bonds. The summed E-state index contributed by atoms with van der Waals surface area (Å²) in [5, 5.41) is 3.07. The van der Waals surface area contributed by atoms with E-state index >= 15 is 0 Å². The smallest absolute Gasteiger partial charge is 0.0940 e. The Hall–Kier alpha value is -0.190. The van der Waals surface area contributed by atoms with E-state index in [9.17, 15) is 0 Å². The summed E-state index contributed by atoms with van der Waals surface area (Å²) in [5.74, 6) is 0. The van der Waals surface area contributed by atoms with Gasteiger partial charge in [0.15, 0.2) is 0 Å². The molecule has 0 aliphatic carbocycles. The molecule has 108 valence electrons. The Bertz CT molecular complexity index is 568. The molecule has 0 saturated heterocycles. The molecule has 2 rings (SSSR count). The highest BCUT2D eigenvalue weighted by Crippen LogP contribution is 2.34. The number of benzene rings is 1. The second-order valence-electron chi connectivity index (χ2n) is 5.34. The molecule has 1 nitrogen and oxygen atoms in total. The molecule has 0 unspecified atom stereocenters. The quantitative estimate of drug-likeness (QED) is 0.599. The van der Waals surface area contributed by atoms with E-state index in [4.69, 9.17) is 4.98 Å². The maximum atomic E-state index is 4.72. The van der Waals surface area contributed by atoms with Crippen molar-refractivity contribution in [1.29, 1.82) is 0 Å². The number of hydrogen-bond donors (Lipinski definition) is 0. The third kappa shape index (κ3) is 3.34. The van der Waals surface area contributed by atoms with Gasteiger partial charge in [-0.3, -0.25) is 0 Å². The van der Waals surface area contributed by atoms with Crippen LogP contribution in [0.3, 0.4) is 0 Å². The van der Waals surface area contributed by atoms with Crippen LogP contribution in [0.5, 0.6) is 0 Å². The fraction of sp³-hybridized carbons (Fsp3) is 0.438. The number of aryl methyl sites for hydroxylation is 3. The van der Waals surface area contributed by atoms with Crippen LogP contribution in [0.4, 0.5) is 0 Å². The van der Waals surface area contributed by atoms with E-state index in [1.165, 1.54) is 21.0 Å². The summed E-state index contributed by atoms with van der Waals surface area (Å²) >= 11 is 9.27. The topological polar surface area (TPSA) is 12.9 Å². The largest absolute Gasteiger partial charge is 0.246 e. The second kappa shape index (κ2) is 6.71. The van der Waals surface area contributed by atoms with Gasteiger partial charge < -0.3 is 0 Å². The van der Waals surface area contributed by atoms with Crippen LogP contribution in [0.2, 0.25) is 0 Å². The summed E-state index contributed by atoms with van der Waals surface area (Å²) in [6.45, 7) is 6.38. The van der Waals surface area contributed by atoms with E-state index < -0.39 is 0 Å². The molecule has 2 aromatic rings. The predicted molar refractivity (Wildman–Crippen MR) is 95.7 cm³/mol.